The lowest BCUT2D eigenvalue weighted by molar-refractivity contribution is -0.119. The molecule has 10 heteroatoms. The standard InChI is InChI=1S/C23H33F2N5O3/c1-17(31)26-15-19-16-30(23(32)33-19)18-13-20(24)22(21(25)14-18)29-11-9-28(10-12-29)8-7-27-5-3-2-4-6-27/h13-14,19H,2-12,15-16H2,1H3,(H,26,31). The number of halogens is 2. The van der Waals surface area contributed by atoms with E-state index in [0.717, 1.165) is 26.2 Å². The number of rotatable bonds is 7. The molecule has 0 aliphatic carbocycles. The van der Waals surface area contributed by atoms with Crippen LogP contribution in [-0.4, -0.2) is 93.4 Å². The van der Waals surface area contributed by atoms with Crippen molar-refractivity contribution in [3.63, 3.8) is 0 Å². The highest BCUT2D eigenvalue weighted by molar-refractivity contribution is 5.90. The molecule has 0 saturated carbocycles. The summed E-state index contributed by atoms with van der Waals surface area (Å²) in [6.07, 6.45) is 2.62. The Morgan fingerprint density at radius 1 is 1.00 bits per heavy atom. The van der Waals surface area contributed by atoms with Gasteiger partial charge in [-0.05, 0) is 25.9 Å². The second-order valence-corrected chi connectivity index (χ2v) is 9.04. The van der Waals surface area contributed by atoms with E-state index < -0.39 is 23.8 Å². The van der Waals surface area contributed by atoms with Gasteiger partial charge in [-0.15, -0.1) is 0 Å². The summed E-state index contributed by atoms with van der Waals surface area (Å²) in [6.45, 7) is 8.64. The topological polar surface area (TPSA) is 68.4 Å². The van der Waals surface area contributed by atoms with Gasteiger partial charge < -0.3 is 19.9 Å². The Labute approximate surface area is 193 Å². The number of cyclic esters (lactones) is 1. The molecule has 4 rings (SSSR count). The molecule has 1 aromatic carbocycles. The third-order valence-electron chi connectivity index (χ3n) is 6.64. The molecular weight excluding hydrogens is 432 g/mol. The van der Waals surface area contributed by atoms with Crippen molar-refractivity contribution in [1.29, 1.82) is 0 Å². The number of hydrogen-bond acceptors (Lipinski definition) is 6. The van der Waals surface area contributed by atoms with Crippen LogP contribution in [0.1, 0.15) is 26.2 Å². The van der Waals surface area contributed by atoms with E-state index in [1.807, 2.05) is 0 Å². The fourth-order valence-corrected chi connectivity index (χ4v) is 4.77. The third-order valence-corrected chi connectivity index (χ3v) is 6.64. The zero-order valence-electron chi connectivity index (χ0n) is 19.2. The summed E-state index contributed by atoms with van der Waals surface area (Å²) in [6, 6.07) is 2.37. The van der Waals surface area contributed by atoms with E-state index in [9.17, 15) is 18.4 Å². The lowest BCUT2D eigenvalue weighted by Gasteiger charge is -2.37. The number of hydrogen-bond donors (Lipinski definition) is 1. The summed E-state index contributed by atoms with van der Waals surface area (Å²) in [5, 5.41) is 2.58. The minimum atomic E-state index is -0.690. The fourth-order valence-electron chi connectivity index (χ4n) is 4.77. The zero-order chi connectivity index (χ0) is 23.4. The molecule has 3 heterocycles. The molecule has 1 unspecified atom stereocenters. The van der Waals surface area contributed by atoms with Crippen molar-refractivity contribution in [3.8, 4) is 0 Å². The van der Waals surface area contributed by atoms with E-state index >= 15 is 0 Å². The summed E-state index contributed by atoms with van der Waals surface area (Å²) < 4.78 is 35.1. The summed E-state index contributed by atoms with van der Waals surface area (Å²) in [5.74, 6) is -1.62. The van der Waals surface area contributed by atoms with Crippen LogP contribution in [0.15, 0.2) is 12.1 Å². The summed E-state index contributed by atoms with van der Waals surface area (Å²) in [4.78, 5) is 31.0. The van der Waals surface area contributed by atoms with Crippen LogP contribution in [-0.2, 0) is 9.53 Å². The van der Waals surface area contributed by atoms with Gasteiger partial charge in [0, 0.05) is 58.3 Å². The number of benzene rings is 1. The third kappa shape index (κ3) is 5.92. The molecule has 1 N–H and O–H groups in total. The van der Waals surface area contributed by atoms with Crippen molar-refractivity contribution in [2.45, 2.75) is 32.3 Å². The number of carbonyl (C=O) groups excluding carboxylic acids is 2. The van der Waals surface area contributed by atoms with Crippen LogP contribution in [0, 0.1) is 11.6 Å². The molecule has 8 nitrogen and oxygen atoms in total. The second-order valence-electron chi connectivity index (χ2n) is 9.04. The summed E-state index contributed by atoms with van der Waals surface area (Å²) in [5.41, 5.74) is 0.0704. The Kier molecular flexibility index (Phi) is 7.64. The Hall–Kier alpha value is -2.46. The number of nitrogens with one attached hydrogen (secondary N) is 1. The van der Waals surface area contributed by atoms with Crippen LogP contribution in [0.25, 0.3) is 0 Å². The van der Waals surface area contributed by atoms with Crippen molar-refractivity contribution in [3.05, 3.63) is 23.8 Å². The maximum atomic E-state index is 15.0. The number of nitrogens with zero attached hydrogens (tertiary/aromatic N) is 4. The van der Waals surface area contributed by atoms with E-state index in [-0.39, 0.29) is 30.4 Å². The Balaban J connectivity index is 1.33. The van der Waals surface area contributed by atoms with Crippen molar-refractivity contribution < 1.29 is 23.1 Å². The Morgan fingerprint density at radius 2 is 1.61 bits per heavy atom. The number of carbonyl (C=O) groups is 2. The Bertz CT molecular complexity index is 833. The quantitative estimate of drug-likeness (QED) is 0.665. The Morgan fingerprint density at radius 3 is 2.21 bits per heavy atom. The summed E-state index contributed by atoms with van der Waals surface area (Å²) in [7, 11) is 0. The number of piperazine rings is 1. The average molecular weight is 466 g/mol. The van der Waals surface area contributed by atoms with Crippen LogP contribution in [0.4, 0.5) is 25.0 Å². The normalized spacial score (nSPS) is 22.5. The van der Waals surface area contributed by atoms with Crippen molar-refractivity contribution in [1.82, 2.24) is 15.1 Å². The van der Waals surface area contributed by atoms with E-state index in [1.165, 1.54) is 56.3 Å². The smallest absolute Gasteiger partial charge is 0.414 e. The molecule has 0 bridgehead atoms. The first-order valence-corrected chi connectivity index (χ1v) is 11.8. The maximum Gasteiger partial charge on any atom is 0.414 e. The highest BCUT2D eigenvalue weighted by Crippen LogP contribution is 2.31. The van der Waals surface area contributed by atoms with Gasteiger partial charge in [-0.1, -0.05) is 6.42 Å². The van der Waals surface area contributed by atoms with Crippen LogP contribution in [0.2, 0.25) is 0 Å². The molecule has 2 amide bonds. The highest BCUT2D eigenvalue weighted by Gasteiger charge is 2.34. The van der Waals surface area contributed by atoms with E-state index in [2.05, 4.69) is 15.1 Å². The monoisotopic (exact) mass is 465 g/mol. The SMILES string of the molecule is CC(=O)NCC1CN(c2cc(F)c(N3CCN(CCN4CCCCC4)CC3)c(F)c2)C(=O)O1. The number of anilines is 2. The molecule has 1 atom stereocenters. The zero-order valence-corrected chi connectivity index (χ0v) is 19.2. The first-order valence-electron chi connectivity index (χ1n) is 11.8. The van der Waals surface area contributed by atoms with Gasteiger partial charge in [-0.25, -0.2) is 13.6 Å². The van der Waals surface area contributed by atoms with E-state index in [4.69, 9.17) is 4.74 Å². The minimum absolute atomic E-state index is 0.0446. The van der Waals surface area contributed by atoms with Gasteiger partial charge in [-0.3, -0.25) is 14.6 Å². The number of piperidine rings is 1. The van der Waals surface area contributed by atoms with Gasteiger partial charge in [0.25, 0.3) is 0 Å². The molecular formula is C23H33F2N5O3. The molecule has 0 spiro atoms. The molecule has 0 aromatic heterocycles. The molecule has 3 aliphatic heterocycles. The van der Waals surface area contributed by atoms with Gasteiger partial charge in [0.15, 0.2) is 11.6 Å². The molecule has 3 saturated heterocycles. The molecule has 0 radical (unpaired) electrons. The average Bonchev–Trinajstić information content (AvgIpc) is 3.18. The van der Waals surface area contributed by atoms with E-state index in [1.54, 1.807) is 4.90 Å². The van der Waals surface area contributed by atoms with Crippen molar-refractivity contribution in [2.75, 3.05) is 75.2 Å². The maximum absolute atomic E-state index is 15.0. The predicted molar refractivity (Wildman–Crippen MR) is 122 cm³/mol. The first-order chi connectivity index (χ1) is 15.9. The van der Waals surface area contributed by atoms with Gasteiger partial charge in [0.1, 0.15) is 11.8 Å². The van der Waals surface area contributed by atoms with Gasteiger partial charge >= 0.3 is 6.09 Å². The lowest BCUT2D eigenvalue weighted by atomic mass is 10.1. The predicted octanol–water partition coefficient (Wildman–Crippen LogP) is 2.03. The molecule has 1 aromatic rings. The molecule has 3 aliphatic rings. The van der Waals surface area contributed by atoms with Crippen LogP contribution in [0.5, 0.6) is 0 Å². The van der Waals surface area contributed by atoms with Gasteiger partial charge in [-0.2, -0.15) is 0 Å². The largest absolute Gasteiger partial charge is 0.442 e. The van der Waals surface area contributed by atoms with E-state index in [0.29, 0.717) is 13.1 Å². The minimum Gasteiger partial charge on any atom is -0.442 e. The van der Waals surface area contributed by atoms with Gasteiger partial charge in [0.05, 0.1) is 18.8 Å². The second kappa shape index (κ2) is 10.6. The highest BCUT2D eigenvalue weighted by atomic mass is 19.1. The summed E-state index contributed by atoms with van der Waals surface area (Å²) >= 11 is 0. The molecule has 182 valence electrons. The molecule has 33 heavy (non-hydrogen) atoms. The van der Waals surface area contributed by atoms with Crippen molar-refractivity contribution in [2.24, 2.45) is 0 Å². The van der Waals surface area contributed by atoms with Crippen LogP contribution in [0.3, 0.4) is 0 Å². The van der Waals surface area contributed by atoms with Crippen LogP contribution < -0.4 is 15.1 Å². The number of amides is 2. The number of likely N-dealkylation sites (tertiary alicyclic amines) is 1. The first kappa shape index (κ1) is 23.7. The fraction of sp³-hybridized carbons (Fsp3) is 0.652. The van der Waals surface area contributed by atoms with Crippen LogP contribution >= 0.6 is 0 Å². The molecule has 3 fully saturated rings. The van der Waals surface area contributed by atoms with Gasteiger partial charge in [0.2, 0.25) is 5.91 Å². The lowest BCUT2D eigenvalue weighted by Crippen LogP contribution is -2.49. The number of ether oxygens (including phenoxy) is 1. The van der Waals surface area contributed by atoms with Crippen molar-refractivity contribution >= 4 is 23.4 Å².